The third kappa shape index (κ3) is 3.77. The zero-order valence-corrected chi connectivity index (χ0v) is 13.8. The van der Waals surface area contributed by atoms with Gasteiger partial charge >= 0.3 is 0 Å². The fraction of sp³-hybridized carbons (Fsp3) is 0.111. The van der Waals surface area contributed by atoms with Crippen LogP contribution in [0.1, 0.15) is 16.7 Å². The molecule has 3 aromatic rings. The predicted octanol–water partition coefficient (Wildman–Crippen LogP) is 2.58. The molecule has 1 aromatic carbocycles. The highest BCUT2D eigenvalue weighted by molar-refractivity contribution is 6.22. The summed E-state index contributed by atoms with van der Waals surface area (Å²) < 4.78 is 14.4. The molecule has 0 bridgehead atoms. The third-order valence-corrected chi connectivity index (χ3v) is 3.55. The first-order valence-electron chi connectivity index (χ1n) is 7.56. The molecule has 0 saturated carbocycles. The van der Waals surface area contributed by atoms with E-state index in [9.17, 15) is 9.18 Å². The maximum atomic E-state index is 13.0. The van der Waals surface area contributed by atoms with Crippen molar-refractivity contribution in [2.24, 2.45) is 5.73 Å². The molecule has 2 N–H and O–H groups in total. The number of carbonyl (C=O) groups excluding carboxylic acids is 1. The highest BCUT2D eigenvalue weighted by Crippen LogP contribution is 2.19. The first-order valence-corrected chi connectivity index (χ1v) is 7.56. The fourth-order valence-corrected chi connectivity index (χ4v) is 2.52. The van der Waals surface area contributed by atoms with E-state index in [4.69, 9.17) is 5.73 Å². The zero-order valence-electron chi connectivity index (χ0n) is 13.8. The zero-order chi connectivity index (χ0) is 18.0. The maximum Gasteiger partial charge on any atom is 0.250 e. The number of hydrogen-bond acceptors (Lipinski definition) is 4. The summed E-state index contributed by atoms with van der Waals surface area (Å²) in [6.07, 6.45) is 4.16. The summed E-state index contributed by atoms with van der Waals surface area (Å²) in [6.45, 7) is 4.00. The Bertz CT molecular complexity index is 940. The Balaban J connectivity index is 1.98. The van der Waals surface area contributed by atoms with Crippen molar-refractivity contribution < 1.29 is 9.18 Å². The topological polar surface area (TPSA) is 86.7 Å². The van der Waals surface area contributed by atoms with Crippen LogP contribution in [0.25, 0.3) is 23.2 Å². The van der Waals surface area contributed by atoms with E-state index in [1.54, 1.807) is 0 Å². The van der Waals surface area contributed by atoms with Crippen molar-refractivity contribution in [2.75, 3.05) is 0 Å². The van der Waals surface area contributed by atoms with Crippen molar-refractivity contribution in [3.8, 4) is 11.4 Å². The average molecular weight is 337 g/mol. The molecule has 0 saturated heterocycles. The van der Waals surface area contributed by atoms with Gasteiger partial charge in [-0.1, -0.05) is 17.2 Å². The lowest BCUT2D eigenvalue weighted by Gasteiger charge is -2.03. The lowest BCUT2D eigenvalue weighted by atomic mass is 10.1. The van der Waals surface area contributed by atoms with Crippen LogP contribution in [0.4, 0.5) is 4.39 Å². The van der Waals surface area contributed by atoms with Crippen molar-refractivity contribution in [3.63, 3.8) is 0 Å². The van der Waals surface area contributed by atoms with Gasteiger partial charge in [-0.15, -0.1) is 5.10 Å². The Labute approximate surface area is 143 Å². The smallest absolute Gasteiger partial charge is 0.250 e. The Kier molecular flexibility index (Phi) is 4.38. The summed E-state index contributed by atoms with van der Waals surface area (Å²) in [4.78, 5) is 19.5. The molecule has 2 aromatic heterocycles. The van der Waals surface area contributed by atoms with Crippen LogP contribution in [0.2, 0.25) is 0 Å². The van der Waals surface area contributed by atoms with Gasteiger partial charge in [-0.25, -0.2) is 14.6 Å². The van der Waals surface area contributed by atoms with Crippen molar-refractivity contribution in [2.45, 2.75) is 13.8 Å². The van der Waals surface area contributed by atoms with E-state index < -0.39 is 11.9 Å². The molecule has 0 aliphatic rings. The van der Waals surface area contributed by atoms with Gasteiger partial charge in [0, 0.05) is 23.5 Å². The summed E-state index contributed by atoms with van der Waals surface area (Å²) >= 11 is 0. The van der Waals surface area contributed by atoms with Gasteiger partial charge in [0.2, 0.25) is 5.95 Å². The lowest BCUT2D eigenvalue weighted by molar-refractivity contribution is -0.112. The minimum Gasteiger partial charge on any atom is -0.366 e. The molecule has 0 aliphatic carbocycles. The number of aryl methyl sites for hydroxylation is 2. The van der Waals surface area contributed by atoms with Crippen LogP contribution >= 0.6 is 0 Å². The summed E-state index contributed by atoms with van der Waals surface area (Å²) in [7, 11) is 0. The monoisotopic (exact) mass is 337 g/mol. The van der Waals surface area contributed by atoms with E-state index in [-0.39, 0.29) is 5.57 Å². The number of primary amides is 1. The van der Waals surface area contributed by atoms with Crippen molar-refractivity contribution in [3.05, 3.63) is 65.5 Å². The Morgan fingerprint density at radius 2 is 1.88 bits per heavy atom. The van der Waals surface area contributed by atoms with E-state index in [1.807, 2.05) is 26.0 Å². The molecule has 3 rings (SSSR count). The van der Waals surface area contributed by atoms with E-state index >= 15 is 0 Å². The number of halogens is 1. The van der Waals surface area contributed by atoms with Crippen LogP contribution in [0, 0.1) is 19.8 Å². The molecule has 0 atom stereocenters. The molecule has 25 heavy (non-hydrogen) atoms. The number of benzene rings is 1. The van der Waals surface area contributed by atoms with Gasteiger partial charge in [-0.05, 0) is 38.1 Å². The molecule has 126 valence electrons. The van der Waals surface area contributed by atoms with E-state index in [0.29, 0.717) is 11.4 Å². The number of rotatable bonds is 4. The van der Waals surface area contributed by atoms with Crippen LogP contribution in [-0.2, 0) is 4.79 Å². The molecule has 0 unspecified atom stereocenters. The van der Waals surface area contributed by atoms with Gasteiger partial charge in [-0.2, -0.15) is 4.39 Å². The largest absolute Gasteiger partial charge is 0.366 e. The van der Waals surface area contributed by atoms with Gasteiger partial charge in [0.15, 0.2) is 5.82 Å². The summed E-state index contributed by atoms with van der Waals surface area (Å²) in [5.41, 5.74) is 9.08. The van der Waals surface area contributed by atoms with Crippen molar-refractivity contribution in [1.82, 2.24) is 19.7 Å². The first-order chi connectivity index (χ1) is 11.9. The molecule has 6 nitrogen and oxygen atoms in total. The van der Waals surface area contributed by atoms with Gasteiger partial charge in [0.05, 0.1) is 5.57 Å². The third-order valence-electron chi connectivity index (χ3n) is 3.55. The number of amides is 1. The van der Waals surface area contributed by atoms with Gasteiger partial charge in [0.25, 0.3) is 5.91 Å². The average Bonchev–Trinajstić information content (AvgIpc) is 3.01. The molecule has 1 amide bonds. The molecule has 0 spiro atoms. The summed E-state index contributed by atoms with van der Waals surface area (Å²) in [5.74, 6) is -0.772. The molecule has 0 aliphatic heterocycles. The minimum atomic E-state index is -0.670. The number of carbonyl (C=O) groups is 1. The second-order valence-corrected chi connectivity index (χ2v) is 5.70. The van der Waals surface area contributed by atoms with E-state index in [0.717, 1.165) is 22.8 Å². The second-order valence-electron chi connectivity index (χ2n) is 5.70. The number of hydrogen-bond donors (Lipinski definition) is 1. The maximum absolute atomic E-state index is 13.0. The van der Waals surface area contributed by atoms with Crippen LogP contribution in [0.15, 0.2) is 42.9 Å². The van der Waals surface area contributed by atoms with Crippen LogP contribution < -0.4 is 5.73 Å². The standard InChI is InChI=1S/C18H16FN5O/c1-11-5-12(2)7-14(6-11)18-22-10-24(23-18)9-15(17(20)25)13-3-4-16(19)21-8-13/h3-10H,1-2H3,(H2,20,25)/b15-9+. The molecule has 2 heterocycles. The van der Waals surface area contributed by atoms with Gasteiger partial charge in [0.1, 0.15) is 6.33 Å². The quantitative estimate of drug-likeness (QED) is 0.585. The molecule has 0 radical (unpaired) electrons. The Hall–Kier alpha value is -3.35. The number of nitrogens with zero attached hydrogens (tertiary/aromatic N) is 4. The molecule has 7 heteroatoms. The summed E-state index contributed by atoms with van der Waals surface area (Å²) in [5, 5.41) is 4.35. The number of nitrogens with two attached hydrogens (primary N) is 1. The normalized spacial score (nSPS) is 11.6. The molecular weight excluding hydrogens is 321 g/mol. The van der Waals surface area contributed by atoms with E-state index in [1.165, 1.54) is 29.5 Å². The first kappa shape index (κ1) is 16.5. The Morgan fingerprint density at radius 1 is 1.16 bits per heavy atom. The molecular formula is C18H16FN5O. The second kappa shape index (κ2) is 6.64. The highest BCUT2D eigenvalue weighted by atomic mass is 19.1. The summed E-state index contributed by atoms with van der Waals surface area (Å²) in [6, 6.07) is 8.62. The van der Waals surface area contributed by atoms with Gasteiger partial charge < -0.3 is 5.73 Å². The lowest BCUT2D eigenvalue weighted by Crippen LogP contribution is -2.14. The highest BCUT2D eigenvalue weighted by Gasteiger charge is 2.11. The van der Waals surface area contributed by atoms with Crippen LogP contribution in [-0.4, -0.2) is 25.7 Å². The van der Waals surface area contributed by atoms with E-state index in [2.05, 4.69) is 21.1 Å². The minimum absolute atomic E-state index is 0.157. The van der Waals surface area contributed by atoms with Crippen molar-refractivity contribution in [1.29, 1.82) is 0 Å². The Morgan fingerprint density at radius 3 is 2.48 bits per heavy atom. The number of aromatic nitrogens is 4. The predicted molar refractivity (Wildman–Crippen MR) is 92.5 cm³/mol. The van der Waals surface area contributed by atoms with Crippen LogP contribution in [0.5, 0.6) is 0 Å². The van der Waals surface area contributed by atoms with Crippen LogP contribution in [0.3, 0.4) is 0 Å². The molecule has 0 fully saturated rings. The van der Waals surface area contributed by atoms with Gasteiger partial charge in [-0.3, -0.25) is 4.79 Å². The SMILES string of the molecule is Cc1cc(C)cc(-c2ncn(/C=C(/C(N)=O)c3ccc(F)nc3)n2)c1. The fourth-order valence-electron chi connectivity index (χ4n) is 2.52. The van der Waals surface area contributed by atoms with Crippen molar-refractivity contribution >= 4 is 17.7 Å². The number of pyridine rings is 1.